The molecule has 1 aromatic carbocycles. The van der Waals surface area contributed by atoms with Gasteiger partial charge in [-0.1, -0.05) is 19.1 Å². The SMILES string of the molecule is CCC(CCO)c1ccc(O)cc1. The Morgan fingerprint density at radius 2 is 1.85 bits per heavy atom. The van der Waals surface area contributed by atoms with E-state index in [0.717, 1.165) is 12.8 Å². The first-order valence-corrected chi connectivity index (χ1v) is 4.67. The Labute approximate surface area is 78.8 Å². The number of phenols is 1. The summed E-state index contributed by atoms with van der Waals surface area (Å²) in [6, 6.07) is 7.21. The lowest BCUT2D eigenvalue weighted by molar-refractivity contribution is 0.274. The highest BCUT2D eigenvalue weighted by molar-refractivity contribution is 5.28. The molecule has 0 spiro atoms. The average Bonchev–Trinajstić information content (AvgIpc) is 2.16. The van der Waals surface area contributed by atoms with E-state index >= 15 is 0 Å². The fourth-order valence-electron chi connectivity index (χ4n) is 1.51. The summed E-state index contributed by atoms with van der Waals surface area (Å²) in [7, 11) is 0. The Kier molecular flexibility index (Phi) is 3.77. The summed E-state index contributed by atoms with van der Waals surface area (Å²) >= 11 is 0. The summed E-state index contributed by atoms with van der Waals surface area (Å²) in [6.45, 7) is 2.33. The smallest absolute Gasteiger partial charge is 0.115 e. The maximum atomic E-state index is 9.09. The van der Waals surface area contributed by atoms with Crippen LogP contribution in [0.25, 0.3) is 0 Å². The number of hydrogen-bond acceptors (Lipinski definition) is 2. The van der Waals surface area contributed by atoms with Gasteiger partial charge in [-0.15, -0.1) is 0 Å². The largest absolute Gasteiger partial charge is 0.508 e. The molecule has 0 amide bonds. The van der Waals surface area contributed by atoms with Gasteiger partial charge >= 0.3 is 0 Å². The van der Waals surface area contributed by atoms with Gasteiger partial charge < -0.3 is 10.2 Å². The highest BCUT2D eigenvalue weighted by Gasteiger charge is 2.07. The molecule has 0 saturated carbocycles. The minimum absolute atomic E-state index is 0.222. The molecule has 0 radical (unpaired) electrons. The first-order chi connectivity index (χ1) is 6.27. The van der Waals surface area contributed by atoms with E-state index in [1.807, 2.05) is 12.1 Å². The van der Waals surface area contributed by atoms with Crippen LogP contribution in [-0.2, 0) is 0 Å². The van der Waals surface area contributed by atoms with Gasteiger partial charge in [0, 0.05) is 6.61 Å². The Balaban J connectivity index is 2.73. The van der Waals surface area contributed by atoms with Crippen molar-refractivity contribution in [3.63, 3.8) is 0 Å². The molecule has 1 unspecified atom stereocenters. The van der Waals surface area contributed by atoms with Crippen LogP contribution in [0.4, 0.5) is 0 Å². The van der Waals surface area contributed by atoms with E-state index in [1.165, 1.54) is 5.56 Å². The third-order valence-electron chi connectivity index (χ3n) is 2.33. The summed E-state index contributed by atoms with van der Waals surface area (Å²) < 4.78 is 0. The number of hydrogen-bond donors (Lipinski definition) is 2. The number of rotatable bonds is 4. The van der Waals surface area contributed by atoms with Crippen molar-refractivity contribution in [1.82, 2.24) is 0 Å². The second kappa shape index (κ2) is 4.87. The molecule has 1 atom stereocenters. The van der Waals surface area contributed by atoms with E-state index < -0.39 is 0 Å². The molecule has 0 saturated heterocycles. The zero-order valence-electron chi connectivity index (χ0n) is 7.90. The van der Waals surface area contributed by atoms with Gasteiger partial charge in [-0.3, -0.25) is 0 Å². The van der Waals surface area contributed by atoms with Crippen LogP contribution in [0.1, 0.15) is 31.2 Å². The fourth-order valence-corrected chi connectivity index (χ4v) is 1.51. The molecule has 13 heavy (non-hydrogen) atoms. The average molecular weight is 180 g/mol. The summed E-state index contributed by atoms with van der Waals surface area (Å²) in [5.74, 6) is 0.702. The van der Waals surface area contributed by atoms with Crippen LogP contribution in [0.2, 0.25) is 0 Å². The lowest BCUT2D eigenvalue weighted by Crippen LogP contribution is -1.99. The molecule has 1 aromatic rings. The van der Waals surface area contributed by atoms with Crippen molar-refractivity contribution in [3.8, 4) is 5.75 Å². The van der Waals surface area contributed by atoms with E-state index in [-0.39, 0.29) is 6.61 Å². The van der Waals surface area contributed by atoms with Crippen molar-refractivity contribution < 1.29 is 10.2 Å². The van der Waals surface area contributed by atoms with Gasteiger partial charge in [0.05, 0.1) is 0 Å². The van der Waals surface area contributed by atoms with Crippen LogP contribution in [0.5, 0.6) is 5.75 Å². The third-order valence-corrected chi connectivity index (χ3v) is 2.33. The number of benzene rings is 1. The topological polar surface area (TPSA) is 40.5 Å². The highest BCUT2D eigenvalue weighted by Crippen LogP contribution is 2.24. The summed E-state index contributed by atoms with van der Waals surface area (Å²) in [5.41, 5.74) is 1.19. The molecule has 0 bridgehead atoms. The lowest BCUT2D eigenvalue weighted by atomic mass is 9.94. The third kappa shape index (κ3) is 2.74. The maximum absolute atomic E-state index is 9.09. The fraction of sp³-hybridized carbons (Fsp3) is 0.455. The molecule has 72 valence electrons. The maximum Gasteiger partial charge on any atom is 0.115 e. The first-order valence-electron chi connectivity index (χ1n) is 4.67. The Bertz CT molecular complexity index is 241. The molecule has 2 N–H and O–H groups in total. The quantitative estimate of drug-likeness (QED) is 0.746. The highest BCUT2D eigenvalue weighted by atomic mass is 16.3. The number of phenolic OH excluding ortho intramolecular Hbond substituents is 1. The van der Waals surface area contributed by atoms with Crippen LogP contribution >= 0.6 is 0 Å². The molecule has 2 heteroatoms. The van der Waals surface area contributed by atoms with Crippen molar-refractivity contribution in [2.45, 2.75) is 25.7 Å². The predicted octanol–water partition coefficient (Wildman–Crippen LogP) is 2.27. The van der Waals surface area contributed by atoms with Crippen LogP contribution in [0.3, 0.4) is 0 Å². The van der Waals surface area contributed by atoms with Gasteiger partial charge in [-0.25, -0.2) is 0 Å². The molecular formula is C11H16O2. The lowest BCUT2D eigenvalue weighted by Gasteiger charge is -2.13. The molecule has 1 rings (SSSR count). The molecule has 0 aliphatic rings. The minimum atomic E-state index is 0.222. The second-order valence-corrected chi connectivity index (χ2v) is 3.21. The van der Waals surface area contributed by atoms with E-state index in [9.17, 15) is 0 Å². The van der Waals surface area contributed by atoms with Gasteiger partial charge in [0.25, 0.3) is 0 Å². The van der Waals surface area contributed by atoms with Gasteiger partial charge in [0.1, 0.15) is 5.75 Å². The monoisotopic (exact) mass is 180 g/mol. The van der Waals surface area contributed by atoms with Crippen molar-refractivity contribution in [2.75, 3.05) is 6.61 Å². The second-order valence-electron chi connectivity index (χ2n) is 3.21. The van der Waals surface area contributed by atoms with E-state index in [2.05, 4.69) is 6.92 Å². The van der Waals surface area contributed by atoms with Crippen LogP contribution < -0.4 is 0 Å². The molecule has 0 aliphatic carbocycles. The van der Waals surface area contributed by atoms with Crippen molar-refractivity contribution in [1.29, 1.82) is 0 Å². The zero-order valence-corrected chi connectivity index (χ0v) is 7.90. The Morgan fingerprint density at radius 3 is 2.31 bits per heavy atom. The van der Waals surface area contributed by atoms with Crippen molar-refractivity contribution >= 4 is 0 Å². The molecular weight excluding hydrogens is 164 g/mol. The number of aliphatic hydroxyl groups excluding tert-OH is 1. The number of aromatic hydroxyl groups is 1. The Morgan fingerprint density at radius 1 is 1.23 bits per heavy atom. The minimum Gasteiger partial charge on any atom is -0.508 e. The van der Waals surface area contributed by atoms with Crippen LogP contribution in [-0.4, -0.2) is 16.8 Å². The normalized spacial score (nSPS) is 12.8. The molecule has 2 nitrogen and oxygen atoms in total. The zero-order chi connectivity index (χ0) is 9.68. The van der Waals surface area contributed by atoms with E-state index in [1.54, 1.807) is 12.1 Å². The Hall–Kier alpha value is -1.02. The van der Waals surface area contributed by atoms with Gasteiger partial charge in [0.2, 0.25) is 0 Å². The van der Waals surface area contributed by atoms with E-state index in [4.69, 9.17) is 10.2 Å². The predicted molar refractivity (Wildman–Crippen MR) is 52.8 cm³/mol. The molecule has 0 heterocycles. The summed E-state index contributed by atoms with van der Waals surface area (Å²) in [6.07, 6.45) is 1.81. The van der Waals surface area contributed by atoms with E-state index in [0.29, 0.717) is 11.7 Å². The first kappa shape index (κ1) is 10.1. The summed E-state index contributed by atoms with van der Waals surface area (Å²) in [5, 5.41) is 17.9. The van der Waals surface area contributed by atoms with Gasteiger partial charge in [0.15, 0.2) is 0 Å². The standard InChI is InChI=1S/C11H16O2/c1-2-9(7-8-12)10-3-5-11(13)6-4-10/h3-6,9,12-13H,2,7-8H2,1H3. The molecule has 0 aromatic heterocycles. The number of aliphatic hydroxyl groups is 1. The molecule has 0 aliphatic heterocycles. The summed E-state index contributed by atoms with van der Waals surface area (Å²) in [4.78, 5) is 0. The van der Waals surface area contributed by atoms with Gasteiger partial charge in [-0.05, 0) is 36.5 Å². The van der Waals surface area contributed by atoms with Crippen LogP contribution in [0.15, 0.2) is 24.3 Å². The van der Waals surface area contributed by atoms with Crippen LogP contribution in [0, 0.1) is 0 Å². The van der Waals surface area contributed by atoms with Crippen molar-refractivity contribution in [3.05, 3.63) is 29.8 Å². The van der Waals surface area contributed by atoms with Gasteiger partial charge in [-0.2, -0.15) is 0 Å². The van der Waals surface area contributed by atoms with Crippen molar-refractivity contribution in [2.24, 2.45) is 0 Å². The molecule has 0 fully saturated rings.